The van der Waals surface area contributed by atoms with E-state index in [1.54, 1.807) is 0 Å². The molecule has 0 saturated carbocycles. The van der Waals surface area contributed by atoms with Crippen LogP contribution in [-0.2, 0) is 39.9 Å². The van der Waals surface area contributed by atoms with Gasteiger partial charge in [-0.25, -0.2) is 0 Å². The van der Waals surface area contributed by atoms with Crippen LogP contribution in [0.4, 0.5) is 0 Å². The van der Waals surface area contributed by atoms with Crippen LogP contribution < -0.4 is 0 Å². The summed E-state index contributed by atoms with van der Waals surface area (Å²) in [5, 5.41) is 8.89. The summed E-state index contributed by atoms with van der Waals surface area (Å²) in [5.74, 6) is 1.30. The number of hydrogen-bond donors (Lipinski definition) is 1. The molecule has 0 bridgehead atoms. The van der Waals surface area contributed by atoms with Gasteiger partial charge in [0.05, 0.1) is 31.5 Å². The fourth-order valence-electron chi connectivity index (χ4n) is 5.44. The maximum Gasteiger partial charge on any atom is 0.0807 e. The Bertz CT molecular complexity index is 931. The van der Waals surface area contributed by atoms with E-state index < -0.39 is 0 Å². The van der Waals surface area contributed by atoms with Gasteiger partial charge in [-0.3, -0.25) is 0 Å². The van der Waals surface area contributed by atoms with Gasteiger partial charge in [0, 0.05) is 24.5 Å². The van der Waals surface area contributed by atoms with Gasteiger partial charge in [0.1, 0.15) is 0 Å². The average molecular weight is 647 g/mol. The quantitative estimate of drug-likeness (QED) is 0.275. The zero-order valence-corrected chi connectivity index (χ0v) is 30.8. The van der Waals surface area contributed by atoms with Gasteiger partial charge in [0.25, 0.3) is 0 Å². The second kappa shape index (κ2) is 24.7. The number of aliphatic hydroxyl groups is 1. The van der Waals surface area contributed by atoms with Crippen LogP contribution in [0.1, 0.15) is 116 Å². The lowest BCUT2D eigenvalue weighted by molar-refractivity contribution is -0.133. The predicted octanol–water partition coefficient (Wildman–Crippen LogP) is 10.0. The summed E-state index contributed by atoms with van der Waals surface area (Å²) >= 11 is 5.66. The summed E-state index contributed by atoms with van der Waals surface area (Å²) in [6, 6.07) is 17.5. The summed E-state index contributed by atoms with van der Waals surface area (Å²) in [6.45, 7) is 20.0. The number of rotatable bonds is 9. The first-order valence-corrected chi connectivity index (χ1v) is 18.5. The molecular formula is C40H67ClO4. The minimum Gasteiger partial charge on any atom is -0.396 e. The number of aliphatic hydroxyl groups excluding tert-OH is 1. The number of ether oxygens (including phenoxy) is 3. The van der Waals surface area contributed by atoms with Crippen LogP contribution in [0.5, 0.6) is 0 Å². The van der Waals surface area contributed by atoms with Crippen LogP contribution >= 0.6 is 11.6 Å². The highest BCUT2D eigenvalue weighted by Crippen LogP contribution is 2.26. The van der Waals surface area contributed by atoms with E-state index in [2.05, 4.69) is 104 Å². The predicted molar refractivity (Wildman–Crippen MR) is 194 cm³/mol. The second-order valence-corrected chi connectivity index (χ2v) is 12.9. The van der Waals surface area contributed by atoms with E-state index in [0.717, 1.165) is 77.1 Å². The normalized spacial score (nSPS) is 21.6. The van der Waals surface area contributed by atoms with Crippen molar-refractivity contribution < 1.29 is 19.3 Å². The summed E-state index contributed by atoms with van der Waals surface area (Å²) in [6.07, 6.45) is 12.1. The lowest BCUT2D eigenvalue weighted by atomic mass is 9.86. The molecule has 4 unspecified atom stereocenters. The molecule has 1 N–H and O–H groups in total. The Morgan fingerprint density at radius 1 is 0.689 bits per heavy atom. The first kappa shape index (κ1) is 41.6. The Kier molecular flexibility index (Phi) is 22.8. The van der Waals surface area contributed by atoms with Crippen molar-refractivity contribution in [3.63, 3.8) is 0 Å². The van der Waals surface area contributed by atoms with E-state index in [9.17, 15) is 0 Å². The van der Waals surface area contributed by atoms with Crippen molar-refractivity contribution in [2.75, 3.05) is 32.3 Å². The molecule has 1 saturated heterocycles. The minimum atomic E-state index is -0.0123. The molecule has 0 aromatic heterocycles. The zero-order valence-electron chi connectivity index (χ0n) is 30.1. The third-order valence-corrected chi connectivity index (χ3v) is 10.1. The zero-order chi connectivity index (χ0) is 33.5. The highest BCUT2D eigenvalue weighted by molar-refractivity contribution is 6.18. The van der Waals surface area contributed by atoms with Crippen LogP contribution in [0, 0.1) is 11.3 Å². The minimum absolute atomic E-state index is 0.0123. The molecular weight excluding hydrogens is 580 g/mol. The van der Waals surface area contributed by atoms with Gasteiger partial charge in [0.15, 0.2) is 0 Å². The first-order valence-electron chi connectivity index (χ1n) is 17.9. The molecule has 0 radical (unpaired) electrons. The average Bonchev–Trinajstić information content (AvgIpc) is 3.18. The van der Waals surface area contributed by atoms with Gasteiger partial charge >= 0.3 is 0 Å². The van der Waals surface area contributed by atoms with E-state index in [1.807, 2.05) is 0 Å². The molecule has 4 atom stereocenters. The summed E-state index contributed by atoms with van der Waals surface area (Å²) < 4.78 is 17.0. The molecule has 2 heterocycles. The largest absolute Gasteiger partial charge is 0.396 e. The van der Waals surface area contributed by atoms with Gasteiger partial charge in [-0.15, -0.1) is 11.6 Å². The highest BCUT2D eigenvalue weighted by Gasteiger charge is 2.23. The van der Waals surface area contributed by atoms with E-state index in [4.69, 9.17) is 30.9 Å². The Balaban J connectivity index is 0.000000310. The fraction of sp³-hybridized carbons (Fsp3) is 0.700. The maximum absolute atomic E-state index is 8.89. The number of fused-ring (bicyclic) bond motifs is 1. The van der Waals surface area contributed by atoms with Crippen molar-refractivity contribution in [1.29, 1.82) is 0 Å². The molecule has 0 aliphatic carbocycles. The van der Waals surface area contributed by atoms with Crippen molar-refractivity contribution in [2.24, 2.45) is 11.3 Å². The molecule has 258 valence electrons. The molecule has 45 heavy (non-hydrogen) atoms. The number of aryl methyl sites for hydroxylation is 2. The van der Waals surface area contributed by atoms with Crippen molar-refractivity contribution in [1.82, 2.24) is 0 Å². The monoisotopic (exact) mass is 646 g/mol. The van der Waals surface area contributed by atoms with Gasteiger partial charge in [0.2, 0.25) is 0 Å². The molecule has 2 aliphatic rings. The third-order valence-electron chi connectivity index (χ3n) is 9.50. The van der Waals surface area contributed by atoms with Crippen molar-refractivity contribution in [3.8, 4) is 0 Å². The number of benzene rings is 2. The molecule has 2 aromatic carbocycles. The Labute approximate surface area is 282 Å². The first-order chi connectivity index (χ1) is 21.8. The standard InChI is InChI=1S/C15H22O.C10H14.C8H16O2.C7H15ClO/c1-3-15-11-14-7-5-4-6-13(14)10-12(2)8-9-16-15;1-3-9-7-5-6-8-10(9)4-2;1-3-7-5-10-8(4-2)6-9-7;1-3-7(4-2,5-8)6-9/h4-7,12,15H,3,8-11H2,1-2H3;5-8H,3-4H2,1-2H3;7-8H,3-6H2,1-2H3;9H,3-6H2,1-2H3. The number of alkyl halides is 1. The molecule has 5 heteroatoms. The lowest BCUT2D eigenvalue weighted by Gasteiger charge is -2.28. The number of halogens is 1. The van der Waals surface area contributed by atoms with Crippen molar-refractivity contribution >= 4 is 11.6 Å². The van der Waals surface area contributed by atoms with Gasteiger partial charge in [-0.1, -0.05) is 104 Å². The van der Waals surface area contributed by atoms with Gasteiger partial charge < -0.3 is 19.3 Å². The summed E-state index contributed by atoms with van der Waals surface area (Å²) in [5.41, 5.74) is 5.98. The van der Waals surface area contributed by atoms with Gasteiger partial charge in [-0.2, -0.15) is 0 Å². The van der Waals surface area contributed by atoms with Crippen molar-refractivity contribution in [3.05, 3.63) is 70.8 Å². The molecule has 0 spiro atoms. The van der Waals surface area contributed by atoms with Gasteiger partial charge in [-0.05, 0) is 92.4 Å². The van der Waals surface area contributed by atoms with E-state index in [0.29, 0.717) is 24.2 Å². The second-order valence-electron chi connectivity index (χ2n) is 12.7. The van der Waals surface area contributed by atoms with Crippen LogP contribution in [-0.4, -0.2) is 55.7 Å². The van der Waals surface area contributed by atoms with Crippen LogP contribution in [0.2, 0.25) is 0 Å². The summed E-state index contributed by atoms with van der Waals surface area (Å²) in [7, 11) is 0. The third kappa shape index (κ3) is 15.8. The van der Waals surface area contributed by atoms with E-state index >= 15 is 0 Å². The topological polar surface area (TPSA) is 47.9 Å². The van der Waals surface area contributed by atoms with E-state index in [1.165, 1.54) is 35.1 Å². The molecule has 1 fully saturated rings. The summed E-state index contributed by atoms with van der Waals surface area (Å²) in [4.78, 5) is 0. The Morgan fingerprint density at radius 2 is 1.16 bits per heavy atom. The Hall–Kier alpha value is -1.43. The molecule has 4 nitrogen and oxygen atoms in total. The highest BCUT2D eigenvalue weighted by atomic mass is 35.5. The van der Waals surface area contributed by atoms with Crippen LogP contribution in [0.25, 0.3) is 0 Å². The Morgan fingerprint density at radius 3 is 1.51 bits per heavy atom. The van der Waals surface area contributed by atoms with Crippen molar-refractivity contribution in [2.45, 2.75) is 138 Å². The molecule has 2 aliphatic heterocycles. The van der Waals surface area contributed by atoms with E-state index in [-0.39, 0.29) is 12.0 Å². The molecule has 2 aromatic rings. The van der Waals surface area contributed by atoms with Crippen LogP contribution in [0.3, 0.4) is 0 Å². The van der Waals surface area contributed by atoms with Crippen LogP contribution in [0.15, 0.2) is 48.5 Å². The number of hydrogen-bond acceptors (Lipinski definition) is 4. The lowest BCUT2D eigenvalue weighted by Crippen LogP contribution is -2.34. The molecule has 0 amide bonds. The maximum atomic E-state index is 8.89. The fourth-order valence-corrected chi connectivity index (χ4v) is 5.90. The SMILES string of the molecule is CCC(CC)(CO)CCl.CCC1COC(CC)CO1.CCC1Cc2ccccc2CC(C)CCO1.CCc1ccccc1CC. The smallest absolute Gasteiger partial charge is 0.0807 e. The molecule has 4 rings (SSSR count).